The Morgan fingerprint density at radius 2 is 2.40 bits per heavy atom. The van der Waals surface area contributed by atoms with Gasteiger partial charge >= 0.3 is 0 Å². The number of hydrogen-bond donors (Lipinski definition) is 2. The zero-order valence-electron chi connectivity index (χ0n) is 9.49. The van der Waals surface area contributed by atoms with Crippen molar-refractivity contribution in [2.75, 3.05) is 40.4 Å². The number of hydrogen-bond acceptors (Lipinski definition) is 4. The molecule has 1 aromatic rings. The second-order valence-corrected chi connectivity index (χ2v) is 3.51. The highest BCUT2D eigenvalue weighted by Gasteiger charge is 1.97. The normalized spacial score (nSPS) is 11.1. The SMILES string of the molecule is COCCN(C)CCNCc1ncc[nH]1. The third-order valence-corrected chi connectivity index (χ3v) is 2.19. The molecule has 86 valence electrons. The van der Waals surface area contributed by atoms with Crippen LogP contribution in [0.3, 0.4) is 0 Å². The van der Waals surface area contributed by atoms with E-state index in [1.807, 2.05) is 6.20 Å². The first-order valence-electron chi connectivity index (χ1n) is 5.19. The highest BCUT2D eigenvalue weighted by molar-refractivity contribution is 4.85. The number of H-pyrrole nitrogens is 1. The number of ether oxygens (including phenoxy) is 1. The molecule has 0 spiro atoms. The van der Waals surface area contributed by atoms with Gasteiger partial charge in [-0.15, -0.1) is 0 Å². The van der Waals surface area contributed by atoms with Crippen molar-refractivity contribution in [3.05, 3.63) is 18.2 Å². The van der Waals surface area contributed by atoms with Crippen LogP contribution in [0.25, 0.3) is 0 Å². The predicted molar refractivity (Wildman–Crippen MR) is 59.7 cm³/mol. The number of nitrogens with one attached hydrogen (secondary N) is 2. The van der Waals surface area contributed by atoms with Gasteiger partial charge in [-0.2, -0.15) is 0 Å². The molecule has 2 N–H and O–H groups in total. The molecule has 1 aromatic heterocycles. The Hall–Kier alpha value is -0.910. The Labute approximate surface area is 90.8 Å². The van der Waals surface area contributed by atoms with Gasteiger partial charge in [0.25, 0.3) is 0 Å². The minimum atomic E-state index is 0.786. The standard InChI is InChI=1S/C10H20N4O/c1-14(7-8-15-2)6-5-11-9-10-12-3-4-13-10/h3-4,11H,5-9H2,1-2H3,(H,12,13). The average molecular weight is 212 g/mol. The second-order valence-electron chi connectivity index (χ2n) is 3.51. The number of likely N-dealkylation sites (N-methyl/N-ethyl adjacent to an activating group) is 1. The fourth-order valence-corrected chi connectivity index (χ4v) is 1.23. The van der Waals surface area contributed by atoms with Crippen molar-refractivity contribution in [3.63, 3.8) is 0 Å². The van der Waals surface area contributed by atoms with Gasteiger partial charge in [-0.05, 0) is 7.05 Å². The topological polar surface area (TPSA) is 53.2 Å². The van der Waals surface area contributed by atoms with E-state index in [0.29, 0.717) is 0 Å². The lowest BCUT2D eigenvalue weighted by molar-refractivity contribution is 0.161. The van der Waals surface area contributed by atoms with Crippen molar-refractivity contribution in [1.82, 2.24) is 20.2 Å². The van der Waals surface area contributed by atoms with Crippen molar-refractivity contribution < 1.29 is 4.74 Å². The summed E-state index contributed by atoms with van der Waals surface area (Å²) in [6.07, 6.45) is 3.60. The third kappa shape index (κ3) is 5.51. The van der Waals surface area contributed by atoms with E-state index in [-0.39, 0.29) is 0 Å². The van der Waals surface area contributed by atoms with Crippen LogP contribution < -0.4 is 5.32 Å². The number of aromatic amines is 1. The van der Waals surface area contributed by atoms with E-state index in [9.17, 15) is 0 Å². The lowest BCUT2D eigenvalue weighted by Gasteiger charge is -2.15. The zero-order valence-corrected chi connectivity index (χ0v) is 9.49. The van der Waals surface area contributed by atoms with Gasteiger partial charge in [-0.25, -0.2) is 4.98 Å². The van der Waals surface area contributed by atoms with Crippen LogP contribution in [-0.4, -0.2) is 55.3 Å². The number of aromatic nitrogens is 2. The maximum Gasteiger partial charge on any atom is 0.120 e. The molecule has 1 heterocycles. The van der Waals surface area contributed by atoms with Crippen molar-refractivity contribution in [2.45, 2.75) is 6.54 Å². The van der Waals surface area contributed by atoms with Gasteiger partial charge in [0.2, 0.25) is 0 Å². The highest BCUT2D eigenvalue weighted by atomic mass is 16.5. The van der Waals surface area contributed by atoms with Gasteiger partial charge in [0, 0.05) is 39.1 Å². The van der Waals surface area contributed by atoms with E-state index < -0.39 is 0 Å². The Bertz CT molecular complexity index is 238. The Balaban J connectivity index is 1.97. The molecule has 0 bridgehead atoms. The molecule has 0 unspecified atom stereocenters. The molecule has 0 aliphatic rings. The predicted octanol–water partition coefficient (Wildman–Crippen LogP) is 0.0775. The summed E-state index contributed by atoms with van der Waals surface area (Å²) < 4.78 is 5.00. The van der Waals surface area contributed by atoms with Gasteiger partial charge in [0.05, 0.1) is 13.2 Å². The highest BCUT2D eigenvalue weighted by Crippen LogP contribution is 1.86. The minimum absolute atomic E-state index is 0.786. The van der Waals surface area contributed by atoms with Crippen LogP contribution in [-0.2, 0) is 11.3 Å². The number of methoxy groups -OCH3 is 1. The lowest BCUT2D eigenvalue weighted by Crippen LogP contribution is -2.31. The summed E-state index contributed by atoms with van der Waals surface area (Å²) in [5.74, 6) is 0.981. The van der Waals surface area contributed by atoms with Crippen LogP contribution in [0.2, 0.25) is 0 Å². The maximum absolute atomic E-state index is 5.00. The number of rotatable bonds is 8. The quantitative estimate of drug-likeness (QED) is 0.599. The molecule has 0 saturated heterocycles. The summed E-state index contributed by atoms with van der Waals surface area (Å²) >= 11 is 0. The maximum atomic E-state index is 5.00. The molecule has 15 heavy (non-hydrogen) atoms. The summed E-state index contributed by atoms with van der Waals surface area (Å²) in [6, 6.07) is 0. The third-order valence-electron chi connectivity index (χ3n) is 2.19. The summed E-state index contributed by atoms with van der Waals surface area (Å²) in [4.78, 5) is 9.42. The van der Waals surface area contributed by atoms with Gasteiger partial charge in [-0.1, -0.05) is 0 Å². The molecule has 5 heteroatoms. The van der Waals surface area contributed by atoms with E-state index in [4.69, 9.17) is 4.74 Å². The lowest BCUT2D eigenvalue weighted by atomic mass is 10.5. The van der Waals surface area contributed by atoms with Crippen LogP contribution in [0, 0.1) is 0 Å². The first-order valence-corrected chi connectivity index (χ1v) is 5.19. The molecular formula is C10H20N4O. The van der Waals surface area contributed by atoms with E-state index >= 15 is 0 Å². The van der Waals surface area contributed by atoms with Crippen molar-refractivity contribution in [1.29, 1.82) is 0 Å². The minimum Gasteiger partial charge on any atom is -0.383 e. The molecule has 0 amide bonds. The largest absolute Gasteiger partial charge is 0.383 e. The molecule has 0 radical (unpaired) electrons. The first kappa shape index (κ1) is 12.2. The number of nitrogens with zero attached hydrogens (tertiary/aromatic N) is 2. The Morgan fingerprint density at radius 3 is 3.07 bits per heavy atom. The van der Waals surface area contributed by atoms with Gasteiger partial charge in [-0.3, -0.25) is 0 Å². The molecule has 0 saturated carbocycles. The molecule has 0 atom stereocenters. The monoisotopic (exact) mass is 212 g/mol. The van der Waals surface area contributed by atoms with Crippen molar-refractivity contribution >= 4 is 0 Å². The molecule has 0 aliphatic heterocycles. The molecule has 1 rings (SSSR count). The Kier molecular flexibility index (Phi) is 5.99. The van der Waals surface area contributed by atoms with Crippen LogP contribution in [0.5, 0.6) is 0 Å². The molecule has 0 aliphatic carbocycles. The first-order chi connectivity index (χ1) is 7.33. The Morgan fingerprint density at radius 1 is 1.53 bits per heavy atom. The van der Waals surface area contributed by atoms with E-state index in [2.05, 4.69) is 27.2 Å². The molecule has 5 nitrogen and oxygen atoms in total. The van der Waals surface area contributed by atoms with Crippen LogP contribution >= 0.6 is 0 Å². The van der Waals surface area contributed by atoms with Gasteiger partial charge < -0.3 is 19.9 Å². The fourth-order valence-electron chi connectivity index (χ4n) is 1.23. The van der Waals surface area contributed by atoms with E-state index in [1.54, 1.807) is 13.3 Å². The van der Waals surface area contributed by atoms with Gasteiger partial charge in [0.15, 0.2) is 0 Å². The van der Waals surface area contributed by atoms with Crippen LogP contribution in [0.4, 0.5) is 0 Å². The van der Waals surface area contributed by atoms with Gasteiger partial charge in [0.1, 0.15) is 5.82 Å². The average Bonchev–Trinajstić information content (AvgIpc) is 2.74. The fraction of sp³-hybridized carbons (Fsp3) is 0.700. The van der Waals surface area contributed by atoms with Crippen LogP contribution in [0.15, 0.2) is 12.4 Å². The summed E-state index contributed by atoms with van der Waals surface area (Å²) in [6.45, 7) is 4.53. The van der Waals surface area contributed by atoms with E-state index in [1.165, 1.54) is 0 Å². The van der Waals surface area contributed by atoms with E-state index in [0.717, 1.165) is 38.6 Å². The molecular weight excluding hydrogens is 192 g/mol. The van der Waals surface area contributed by atoms with Crippen LogP contribution in [0.1, 0.15) is 5.82 Å². The molecule has 0 fully saturated rings. The summed E-state index contributed by atoms with van der Waals surface area (Å²) in [5.41, 5.74) is 0. The summed E-state index contributed by atoms with van der Waals surface area (Å²) in [7, 11) is 3.82. The summed E-state index contributed by atoms with van der Waals surface area (Å²) in [5, 5.41) is 3.32. The number of imidazole rings is 1. The van der Waals surface area contributed by atoms with Crippen molar-refractivity contribution in [3.8, 4) is 0 Å². The zero-order chi connectivity index (χ0) is 10.9. The second kappa shape index (κ2) is 7.39. The van der Waals surface area contributed by atoms with Crippen molar-refractivity contribution in [2.24, 2.45) is 0 Å². The smallest absolute Gasteiger partial charge is 0.120 e. The molecule has 0 aromatic carbocycles.